The van der Waals surface area contributed by atoms with Gasteiger partial charge in [0.2, 0.25) is 0 Å². The number of ether oxygens (including phenoxy) is 3. The molecule has 3 rings (SSSR count). The summed E-state index contributed by atoms with van der Waals surface area (Å²) in [6, 6.07) is 7.08. The summed E-state index contributed by atoms with van der Waals surface area (Å²) < 4.78 is 16.0. The van der Waals surface area contributed by atoms with Crippen LogP contribution in [-0.4, -0.2) is 43.0 Å². The van der Waals surface area contributed by atoms with Crippen LogP contribution >= 0.6 is 0 Å². The van der Waals surface area contributed by atoms with Crippen LogP contribution in [0.2, 0.25) is 0 Å². The number of esters is 1. The summed E-state index contributed by atoms with van der Waals surface area (Å²) in [7, 11) is 0. The molecule has 0 bridgehead atoms. The van der Waals surface area contributed by atoms with E-state index in [2.05, 4.69) is 11.4 Å². The molecule has 1 aliphatic heterocycles. The van der Waals surface area contributed by atoms with Crippen molar-refractivity contribution in [1.82, 2.24) is 5.32 Å². The van der Waals surface area contributed by atoms with Crippen molar-refractivity contribution < 1.29 is 28.6 Å². The number of nitrogens with zero attached hydrogens (tertiary/aromatic N) is 1. The first-order chi connectivity index (χ1) is 14.0. The first-order valence-electron chi connectivity index (χ1n) is 9.82. The van der Waals surface area contributed by atoms with Gasteiger partial charge in [0.05, 0.1) is 25.7 Å². The Bertz CT molecular complexity index is 823. The van der Waals surface area contributed by atoms with Gasteiger partial charge in [-0.1, -0.05) is 0 Å². The highest BCUT2D eigenvalue weighted by molar-refractivity contribution is 5.98. The van der Waals surface area contributed by atoms with Gasteiger partial charge in [-0.25, -0.2) is 0 Å². The van der Waals surface area contributed by atoms with Gasteiger partial charge in [0, 0.05) is 18.4 Å². The first-order valence-corrected chi connectivity index (χ1v) is 9.82. The summed E-state index contributed by atoms with van der Waals surface area (Å²) >= 11 is 0. The fourth-order valence-electron chi connectivity index (χ4n) is 3.46. The van der Waals surface area contributed by atoms with Crippen LogP contribution in [0.3, 0.4) is 0 Å². The van der Waals surface area contributed by atoms with Crippen molar-refractivity contribution in [3.8, 4) is 17.6 Å². The Morgan fingerprint density at radius 2 is 1.79 bits per heavy atom. The molecule has 0 saturated heterocycles. The average Bonchev–Trinajstić information content (AvgIpc) is 3.06. The number of hydrogen-bond acceptors (Lipinski definition) is 7. The molecular formula is C21H24N2O6. The summed E-state index contributed by atoms with van der Waals surface area (Å²) in [4.78, 5) is 36.2. The van der Waals surface area contributed by atoms with Gasteiger partial charge in [0.15, 0.2) is 23.9 Å². The van der Waals surface area contributed by atoms with Gasteiger partial charge in [-0.15, -0.1) is 0 Å². The average molecular weight is 400 g/mol. The van der Waals surface area contributed by atoms with Crippen LogP contribution in [0.15, 0.2) is 18.2 Å². The van der Waals surface area contributed by atoms with E-state index in [4.69, 9.17) is 14.2 Å². The van der Waals surface area contributed by atoms with Crippen molar-refractivity contribution in [3.05, 3.63) is 23.8 Å². The molecule has 1 aliphatic carbocycles. The minimum absolute atomic E-state index is 0.0395. The van der Waals surface area contributed by atoms with E-state index in [9.17, 15) is 19.6 Å². The van der Waals surface area contributed by atoms with Crippen LogP contribution < -0.4 is 14.8 Å². The molecule has 0 atom stereocenters. The molecule has 2 aliphatic rings. The number of rotatable bonds is 7. The topological polar surface area (TPSA) is 115 Å². The number of carbonyl (C=O) groups is 3. The predicted molar refractivity (Wildman–Crippen MR) is 102 cm³/mol. The second kappa shape index (κ2) is 9.41. The fraction of sp³-hybridized carbons (Fsp3) is 0.524. The molecule has 0 radical (unpaired) electrons. The van der Waals surface area contributed by atoms with E-state index in [-0.39, 0.29) is 18.6 Å². The SMILES string of the molecule is N#CC1(NC(=O)COC(=O)CCC(=O)c2ccc3c(c2)OCCCO3)CCCC1. The number of ketones is 1. The minimum Gasteiger partial charge on any atom is -0.490 e. The quantitative estimate of drug-likeness (QED) is 0.552. The fourth-order valence-corrected chi connectivity index (χ4v) is 3.46. The Labute approximate surface area is 169 Å². The molecule has 1 amide bonds. The van der Waals surface area contributed by atoms with E-state index < -0.39 is 24.0 Å². The molecule has 1 heterocycles. The van der Waals surface area contributed by atoms with Crippen LogP contribution in [0.5, 0.6) is 11.5 Å². The van der Waals surface area contributed by atoms with Gasteiger partial charge in [-0.3, -0.25) is 14.4 Å². The molecule has 8 heteroatoms. The Kier molecular flexibility index (Phi) is 6.70. The smallest absolute Gasteiger partial charge is 0.306 e. The maximum atomic E-state index is 12.4. The Hall–Kier alpha value is -3.08. The summed E-state index contributed by atoms with van der Waals surface area (Å²) in [5.41, 5.74) is -0.423. The van der Waals surface area contributed by atoms with Crippen molar-refractivity contribution in [2.45, 2.75) is 50.5 Å². The number of fused-ring (bicyclic) bond motifs is 1. The van der Waals surface area contributed by atoms with Crippen LogP contribution in [-0.2, 0) is 14.3 Å². The molecule has 1 fully saturated rings. The third kappa shape index (κ3) is 5.47. The van der Waals surface area contributed by atoms with Crippen molar-refractivity contribution in [3.63, 3.8) is 0 Å². The van der Waals surface area contributed by atoms with Gasteiger partial charge in [0.1, 0.15) is 5.54 Å². The Balaban J connectivity index is 1.43. The van der Waals surface area contributed by atoms with E-state index in [0.29, 0.717) is 43.1 Å². The van der Waals surface area contributed by atoms with Gasteiger partial charge < -0.3 is 19.5 Å². The molecule has 29 heavy (non-hydrogen) atoms. The predicted octanol–water partition coefficient (Wildman–Crippen LogP) is 2.31. The lowest BCUT2D eigenvalue weighted by molar-refractivity contribution is -0.148. The summed E-state index contributed by atoms with van der Waals surface area (Å²) in [5.74, 6) is -0.249. The lowest BCUT2D eigenvalue weighted by atomic mass is 10.00. The highest BCUT2D eigenvalue weighted by Gasteiger charge is 2.35. The first kappa shape index (κ1) is 20.6. The normalized spacial score (nSPS) is 16.9. The number of Topliss-reactive ketones (excluding diaryl/α,β-unsaturated/α-hetero) is 1. The van der Waals surface area contributed by atoms with Crippen LogP contribution in [0, 0.1) is 11.3 Å². The molecule has 1 aromatic carbocycles. The maximum absolute atomic E-state index is 12.4. The van der Waals surface area contributed by atoms with E-state index >= 15 is 0 Å². The van der Waals surface area contributed by atoms with Gasteiger partial charge in [-0.2, -0.15) is 5.26 Å². The van der Waals surface area contributed by atoms with Crippen LogP contribution in [0.25, 0.3) is 0 Å². The van der Waals surface area contributed by atoms with Crippen LogP contribution in [0.4, 0.5) is 0 Å². The zero-order valence-electron chi connectivity index (χ0n) is 16.2. The highest BCUT2D eigenvalue weighted by Crippen LogP contribution is 2.31. The van der Waals surface area contributed by atoms with Crippen LogP contribution in [0.1, 0.15) is 55.3 Å². The lowest BCUT2D eigenvalue weighted by Crippen LogP contribution is -2.46. The molecule has 1 N–H and O–H groups in total. The van der Waals surface area contributed by atoms with Gasteiger partial charge in [-0.05, 0) is 43.9 Å². The van der Waals surface area contributed by atoms with E-state index in [1.807, 2.05) is 0 Å². The number of carbonyl (C=O) groups excluding carboxylic acids is 3. The molecule has 0 unspecified atom stereocenters. The number of nitrogens with one attached hydrogen (secondary N) is 1. The molecular weight excluding hydrogens is 376 g/mol. The monoisotopic (exact) mass is 400 g/mol. The van der Waals surface area contributed by atoms with Crippen molar-refractivity contribution in [2.75, 3.05) is 19.8 Å². The third-order valence-corrected chi connectivity index (χ3v) is 5.04. The maximum Gasteiger partial charge on any atom is 0.306 e. The molecule has 8 nitrogen and oxygen atoms in total. The Morgan fingerprint density at radius 1 is 1.07 bits per heavy atom. The summed E-state index contributed by atoms with van der Waals surface area (Å²) in [6.07, 6.45) is 3.57. The number of amides is 1. The molecule has 0 spiro atoms. The second-order valence-electron chi connectivity index (χ2n) is 7.25. The van der Waals surface area contributed by atoms with Crippen molar-refractivity contribution >= 4 is 17.7 Å². The largest absolute Gasteiger partial charge is 0.490 e. The Morgan fingerprint density at radius 3 is 2.52 bits per heavy atom. The van der Waals surface area contributed by atoms with E-state index in [1.165, 1.54) is 0 Å². The highest BCUT2D eigenvalue weighted by atomic mass is 16.5. The number of benzene rings is 1. The standard InChI is InChI=1S/C21H24N2O6/c22-14-21(8-1-2-9-21)23-19(25)13-29-20(26)7-5-16(24)15-4-6-17-18(12-15)28-11-3-10-27-17/h4,6,12H,1-3,5,7-11,13H2,(H,23,25). The minimum atomic E-state index is -0.851. The number of hydrogen-bond donors (Lipinski definition) is 1. The number of nitriles is 1. The van der Waals surface area contributed by atoms with Gasteiger partial charge >= 0.3 is 5.97 Å². The molecule has 1 aromatic rings. The molecule has 0 aromatic heterocycles. The van der Waals surface area contributed by atoms with E-state index in [1.54, 1.807) is 18.2 Å². The van der Waals surface area contributed by atoms with Gasteiger partial charge in [0.25, 0.3) is 5.91 Å². The summed E-state index contributed by atoms with van der Waals surface area (Å²) in [5, 5.41) is 11.9. The van der Waals surface area contributed by atoms with E-state index in [0.717, 1.165) is 19.3 Å². The second-order valence-corrected chi connectivity index (χ2v) is 7.25. The molecule has 154 valence electrons. The zero-order chi connectivity index (χ0) is 20.7. The zero-order valence-corrected chi connectivity index (χ0v) is 16.2. The summed E-state index contributed by atoms with van der Waals surface area (Å²) in [6.45, 7) is 0.627. The van der Waals surface area contributed by atoms with Crippen molar-refractivity contribution in [1.29, 1.82) is 5.26 Å². The molecule has 1 saturated carbocycles. The lowest BCUT2D eigenvalue weighted by Gasteiger charge is -2.21. The van der Waals surface area contributed by atoms with Crippen molar-refractivity contribution in [2.24, 2.45) is 0 Å². The third-order valence-electron chi connectivity index (χ3n) is 5.04.